The number of hydrogen-bond donors (Lipinski definition) is 2. The zero-order valence-corrected chi connectivity index (χ0v) is 21.9. The van der Waals surface area contributed by atoms with E-state index in [-0.39, 0.29) is 23.1 Å². The van der Waals surface area contributed by atoms with Crippen LogP contribution < -0.4 is 15.2 Å². The van der Waals surface area contributed by atoms with E-state index in [0.717, 1.165) is 11.3 Å². The Morgan fingerprint density at radius 2 is 1.73 bits per heavy atom. The number of para-hydroxylation sites is 1. The first kappa shape index (κ1) is 26.6. The third kappa shape index (κ3) is 7.26. The van der Waals surface area contributed by atoms with Crippen LogP contribution in [0.2, 0.25) is 0 Å². The van der Waals surface area contributed by atoms with Crippen molar-refractivity contribution in [2.45, 2.75) is 17.7 Å². The highest BCUT2D eigenvalue weighted by Gasteiger charge is 2.31. The number of hydrogen-bond acceptors (Lipinski definition) is 7. The van der Waals surface area contributed by atoms with Crippen LogP contribution in [0.3, 0.4) is 0 Å². The van der Waals surface area contributed by atoms with Crippen LogP contribution in [0.15, 0.2) is 88.7 Å². The number of thioether (sulfide) groups is 1. The van der Waals surface area contributed by atoms with E-state index in [1.54, 1.807) is 6.08 Å². The average Bonchev–Trinajstić information content (AvgIpc) is 3.12. The lowest BCUT2D eigenvalue weighted by molar-refractivity contribution is -0.122. The first-order valence-corrected chi connectivity index (χ1v) is 14.0. The molecule has 37 heavy (non-hydrogen) atoms. The molecule has 0 spiro atoms. The maximum atomic E-state index is 12.9. The van der Waals surface area contributed by atoms with Crippen LogP contribution in [0.5, 0.6) is 11.5 Å². The third-order valence-corrected chi connectivity index (χ3v) is 7.57. The summed E-state index contributed by atoms with van der Waals surface area (Å²) in [5, 5.41) is 7.77. The summed E-state index contributed by atoms with van der Waals surface area (Å²) in [6.07, 6.45) is 2.34. The number of sulfonamides is 1. The maximum absolute atomic E-state index is 12.9. The maximum Gasteiger partial charge on any atom is 0.266 e. The molecule has 1 aliphatic rings. The zero-order valence-electron chi connectivity index (χ0n) is 19.5. The number of amides is 2. The summed E-state index contributed by atoms with van der Waals surface area (Å²) in [7, 11) is -3.80. The number of rotatable bonds is 9. The van der Waals surface area contributed by atoms with Crippen molar-refractivity contribution in [1.82, 2.24) is 4.90 Å². The number of thiocarbonyl (C=S) groups is 1. The minimum atomic E-state index is -3.80. The van der Waals surface area contributed by atoms with Gasteiger partial charge in [0.15, 0.2) is 0 Å². The van der Waals surface area contributed by atoms with Crippen molar-refractivity contribution in [1.29, 1.82) is 0 Å². The van der Waals surface area contributed by atoms with Crippen molar-refractivity contribution in [3.63, 3.8) is 0 Å². The van der Waals surface area contributed by atoms with Crippen molar-refractivity contribution < 1.29 is 22.7 Å². The van der Waals surface area contributed by atoms with E-state index in [4.69, 9.17) is 22.1 Å². The van der Waals surface area contributed by atoms with Gasteiger partial charge in [-0.05, 0) is 66.6 Å². The predicted octanol–water partition coefficient (Wildman–Crippen LogP) is 4.75. The topological polar surface area (TPSA) is 119 Å². The minimum absolute atomic E-state index is 0.0386. The summed E-state index contributed by atoms with van der Waals surface area (Å²) >= 11 is 6.61. The Bertz CT molecular complexity index is 1460. The fourth-order valence-corrected chi connectivity index (χ4v) is 5.31. The number of carbonyl (C=O) groups excluding carboxylic acids is 2. The fourth-order valence-electron chi connectivity index (χ4n) is 3.49. The van der Waals surface area contributed by atoms with Crippen LogP contribution in [0.1, 0.15) is 18.4 Å². The second-order valence-corrected chi connectivity index (χ2v) is 11.3. The molecule has 3 N–H and O–H groups in total. The van der Waals surface area contributed by atoms with Gasteiger partial charge in [-0.25, -0.2) is 13.6 Å². The quantitative estimate of drug-likeness (QED) is 0.290. The van der Waals surface area contributed by atoms with E-state index in [1.165, 1.54) is 40.9 Å². The van der Waals surface area contributed by atoms with Gasteiger partial charge in [0, 0.05) is 18.7 Å². The second kappa shape index (κ2) is 11.7. The molecule has 1 heterocycles. The van der Waals surface area contributed by atoms with Crippen molar-refractivity contribution in [2.24, 2.45) is 5.14 Å². The molecule has 0 bridgehead atoms. The monoisotopic (exact) mass is 553 g/mol. The number of nitrogens with two attached hydrogens (primary N) is 1. The van der Waals surface area contributed by atoms with Gasteiger partial charge in [0.1, 0.15) is 15.8 Å². The molecule has 8 nitrogen and oxygen atoms in total. The lowest BCUT2D eigenvalue weighted by atomic mass is 10.2. The highest BCUT2D eigenvalue weighted by molar-refractivity contribution is 8.26. The minimum Gasteiger partial charge on any atom is -0.457 e. The Labute approximate surface area is 224 Å². The van der Waals surface area contributed by atoms with Crippen molar-refractivity contribution in [2.75, 3.05) is 11.9 Å². The van der Waals surface area contributed by atoms with Crippen LogP contribution in [0.25, 0.3) is 6.08 Å². The number of carbonyl (C=O) groups is 2. The number of nitrogens with zero attached hydrogens (tertiary/aromatic N) is 1. The van der Waals surface area contributed by atoms with Gasteiger partial charge in [-0.2, -0.15) is 0 Å². The van der Waals surface area contributed by atoms with E-state index in [0.29, 0.717) is 33.6 Å². The first-order chi connectivity index (χ1) is 17.7. The molecule has 190 valence electrons. The molecule has 0 atom stereocenters. The van der Waals surface area contributed by atoms with E-state index < -0.39 is 10.0 Å². The number of nitrogens with one attached hydrogen (secondary N) is 1. The van der Waals surface area contributed by atoms with Gasteiger partial charge < -0.3 is 10.1 Å². The van der Waals surface area contributed by atoms with Gasteiger partial charge in [-0.3, -0.25) is 14.5 Å². The summed E-state index contributed by atoms with van der Waals surface area (Å²) in [5.41, 5.74) is 1.26. The van der Waals surface area contributed by atoms with Gasteiger partial charge in [0.25, 0.3) is 5.91 Å². The summed E-state index contributed by atoms with van der Waals surface area (Å²) in [6, 6.07) is 22.4. The third-order valence-electron chi connectivity index (χ3n) is 5.26. The van der Waals surface area contributed by atoms with Gasteiger partial charge in [-0.15, -0.1) is 0 Å². The van der Waals surface area contributed by atoms with E-state index in [1.807, 2.05) is 54.6 Å². The van der Waals surface area contributed by atoms with Gasteiger partial charge in [0.2, 0.25) is 15.9 Å². The molecule has 0 unspecified atom stereocenters. The fraction of sp³-hybridized carbons (Fsp3) is 0.115. The lowest BCUT2D eigenvalue weighted by Crippen LogP contribution is -2.29. The predicted molar refractivity (Wildman–Crippen MR) is 149 cm³/mol. The van der Waals surface area contributed by atoms with Gasteiger partial charge in [0.05, 0.1) is 9.80 Å². The molecule has 4 rings (SSSR count). The Morgan fingerprint density at radius 3 is 2.43 bits per heavy atom. The number of anilines is 1. The Hall–Kier alpha value is -3.51. The standard InChI is InChI=1S/C26H23N3O5S3/c27-37(32,33)22-13-11-19(12-14-22)28-24(30)10-5-15-29-25(31)23(36-26(29)35)17-18-6-4-9-21(16-18)34-20-7-2-1-3-8-20/h1-4,6-9,11-14,16-17H,5,10,15H2,(H,28,30)(H2,27,32,33)/b23-17-. The molecule has 0 radical (unpaired) electrons. The number of primary sulfonamides is 1. The molecule has 0 saturated carbocycles. The highest BCUT2D eigenvalue weighted by atomic mass is 32.2. The van der Waals surface area contributed by atoms with Crippen molar-refractivity contribution in [3.8, 4) is 11.5 Å². The molecule has 3 aromatic rings. The molecule has 3 aromatic carbocycles. The molecule has 1 saturated heterocycles. The normalized spacial score (nSPS) is 14.7. The van der Waals surface area contributed by atoms with E-state index in [2.05, 4.69) is 5.32 Å². The number of benzene rings is 3. The average molecular weight is 554 g/mol. The smallest absolute Gasteiger partial charge is 0.266 e. The Kier molecular flexibility index (Phi) is 8.39. The molecule has 1 fully saturated rings. The summed E-state index contributed by atoms with van der Waals surface area (Å²) in [5.74, 6) is 0.902. The molecular formula is C26H23N3O5S3. The largest absolute Gasteiger partial charge is 0.457 e. The SMILES string of the molecule is NS(=O)(=O)c1ccc(NC(=O)CCCN2C(=O)/C(=C/c3cccc(Oc4ccccc4)c3)SC2=S)cc1. The zero-order chi connectivity index (χ0) is 26.4. The van der Waals surface area contributed by atoms with Crippen LogP contribution in [-0.4, -0.2) is 36.0 Å². The molecule has 0 aromatic heterocycles. The lowest BCUT2D eigenvalue weighted by Gasteiger charge is -2.14. The van der Waals surface area contributed by atoms with E-state index in [9.17, 15) is 18.0 Å². The van der Waals surface area contributed by atoms with Gasteiger partial charge >= 0.3 is 0 Å². The van der Waals surface area contributed by atoms with Crippen LogP contribution in [0.4, 0.5) is 5.69 Å². The molecule has 11 heteroatoms. The summed E-state index contributed by atoms with van der Waals surface area (Å²) < 4.78 is 29.0. The van der Waals surface area contributed by atoms with Crippen molar-refractivity contribution >= 4 is 61.9 Å². The molecule has 1 aliphatic heterocycles. The van der Waals surface area contributed by atoms with Crippen LogP contribution in [-0.2, 0) is 19.6 Å². The van der Waals surface area contributed by atoms with Crippen LogP contribution in [0, 0.1) is 0 Å². The molecule has 0 aliphatic carbocycles. The van der Waals surface area contributed by atoms with Crippen LogP contribution >= 0.6 is 24.0 Å². The Morgan fingerprint density at radius 1 is 1.03 bits per heavy atom. The molecular weight excluding hydrogens is 531 g/mol. The number of ether oxygens (including phenoxy) is 1. The van der Waals surface area contributed by atoms with Gasteiger partial charge in [-0.1, -0.05) is 54.3 Å². The summed E-state index contributed by atoms with van der Waals surface area (Å²) in [4.78, 5) is 27.2. The highest BCUT2D eigenvalue weighted by Crippen LogP contribution is 2.33. The van der Waals surface area contributed by atoms with E-state index >= 15 is 0 Å². The second-order valence-electron chi connectivity index (χ2n) is 8.04. The van der Waals surface area contributed by atoms with Crippen molar-refractivity contribution in [3.05, 3.63) is 89.3 Å². The first-order valence-electron chi connectivity index (χ1n) is 11.2. The molecule has 2 amide bonds. The summed E-state index contributed by atoms with van der Waals surface area (Å²) in [6.45, 7) is 0.303. The Balaban J connectivity index is 1.31.